The van der Waals surface area contributed by atoms with E-state index in [1.165, 1.54) is 154 Å². The molecule has 0 rings (SSSR count). The van der Waals surface area contributed by atoms with E-state index in [1.54, 1.807) is 0 Å². The third-order valence-electron chi connectivity index (χ3n) is 13.3. The zero-order chi connectivity index (χ0) is 55.0. The van der Waals surface area contributed by atoms with E-state index in [0.29, 0.717) is 23.9 Å². The van der Waals surface area contributed by atoms with Crippen LogP contribution in [0.15, 0.2) is 85.1 Å². The third kappa shape index (κ3) is 55.7. The molecule has 0 aliphatic rings. The number of carbonyl (C=O) groups excluding carboxylic acids is 2. The van der Waals surface area contributed by atoms with E-state index in [1.807, 2.05) is 33.3 Å². The Balaban J connectivity index is 5.28. The average Bonchev–Trinajstić information content (AvgIpc) is 3.37. The monoisotopic (exact) mass is 1070 g/mol. The predicted molar refractivity (Wildman–Crippen MR) is 323 cm³/mol. The molecule has 2 N–H and O–H groups in total. The van der Waals surface area contributed by atoms with Gasteiger partial charge in [0, 0.05) is 12.8 Å². The summed E-state index contributed by atoms with van der Waals surface area (Å²) < 4.78 is 30.6. The molecule has 3 atom stereocenters. The van der Waals surface area contributed by atoms with Gasteiger partial charge in [-0.2, -0.15) is 0 Å². The lowest BCUT2D eigenvalue weighted by Crippen LogP contribution is -2.47. The molecule has 0 bridgehead atoms. The van der Waals surface area contributed by atoms with Crippen molar-refractivity contribution in [2.45, 2.75) is 277 Å². The number of esters is 1. The van der Waals surface area contributed by atoms with Gasteiger partial charge in [-0.1, -0.05) is 235 Å². The van der Waals surface area contributed by atoms with Crippen molar-refractivity contribution in [2.75, 3.05) is 40.9 Å². The van der Waals surface area contributed by atoms with E-state index >= 15 is 0 Å². The molecular formula is C65H118N2O7P+. The van der Waals surface area contributed by atoms with Crippen LogP contribution in [0.3, 0.4) is 0 Å². The van der Waals surface area contributed by atoms with Gasteiger partial charge in [-0.3, -0.25) is 18.6 Å². The van der Waals surface area contributed by atoms with Crippen LogP contribution in [-0.4, -0.2) is 74.3 Å². The molecule has 0 saturated carbocycles. The molecule has 0 aliphatic carbocycles. The van der Waals surface area contributed by atoms with Crippen molar-refractivity contribution in [1.82, 2.24) is 5.32 Å². The summed E-state index contributed by atoms with van der Waals surface area (Å²) in [6, 6.07) is -0.874. The Morgan fingerprint density at radius 2 is 0.827 bits per heavy atom. The summed E-state index contributed by atoms with van der Waals surface area (Å²) in [4.78, 5) is 37.6. The molecule has 3 unspecified atom stereocenters. The zero-order valence-corrected chi connectivity index (χ0v) is 50.4. The molecule has 1 amide bonds. The number of ether oxygens (including phenoxy) is 1. The quantitative estimate of drug-likeness (QED) is 0.0205. The van der Waals surface area contributed by atoms with Crippen molar-refractivity contribution >= 4 is 19.7 Å². The largest absolute Gasteiger partial charge is 0.472 e. The smallest absolute Gasteiger partial charge is 0.456 e. The molecule has 0 aromatic rings. The Morgan fingerprint density at radius 3 is 1.27 bits per heavy atom. The summed E-state index contributed by atoms with van der Waals surface area (Å²) in [5, 5.41) is 3.04. The van der Waals surface area contributed by atoms with E-state index in [2.05, 4.69) is 99.0 Å². The third-order valence-corrected chi connectivity index (χ3v) is 14.3. The normalized spacial score (nSPS) is 14.3. The molecule has 10 heteroatoms. The van der Waals surface area contributed by atoms with Gasteiger partial charge in [0.25, 0.3) is 0 Å². The second-order valence-electron chi connectivity index (χ2n) is 21.9. The second kappa shape index (κ2) is 54.5. The van der Waals surface area contributed by atoms with Crippen molar-refractivity contribution in [3.63, 3.8) is 0 Å². The van der Waals surface area contributed by atoms with Crippen LogP contribution in [0.1, 0.15) is 265 Å². The number of nitrogens with one attached hydrogen (secondary N) is 1. The zero-order valence-electron chi connectivity index (χ0n) is 49.5. The Morgan fingerprint density at radius 1 is 0.467 bits per heavy atom. The lowest BCUT2D eigenvalue weighted by Gasteiger charge is -2.27. The maximum absolute atomic E-state index is 13.5. The van der Waals surface area contributed by atoms with E-state index < -0.39 is 20.0 Å². The van der Waals surface area contributed by atoms with E-state index in [9.17, 15) is 19.0 Å². The van der Waals surface area contributed by atoms with Crippen LogP contribution in [0, 0.1) is 0 Å². The summed E-state index contributed by atoms with van der Waals surface area (Å²) >= 11 is 0. The number of hydrogen-bond acceptors (Lipinski definition) is 6. The number of amides is 1. The number of likely N-dealkylation sites (N-methyl/N-ethyl adjacent to an activating group) is 1. The fourth-order valence-electron chi connectivity index (χ4n) is 8.49. The maximum atomic E-state index is 13.5. The SMILES string of the molecule is CCCCC/C=C\C/C=C\C/C=C\C/C=C\CCCC(=O)OC(/C=C\CCCCCCCCCCC)C(COP(=O)(O)OCC[N+](C)(C)C)NC(=O)CCCCCCCCCCCCC/C=C\C/C=C\CCCCC. The van der Waals surface area contributed by atoms with Gasteiger partial charge in [-0.15, -0.1) is 0 Å². The number of phosphoric ester groups is 1. The summed E-state index contributed by atoms with van der Waals surface area (Å²) in [5.74, 6) is -0.574. The molecule has 0 heterocycles. The van der Waals surface area contributed by atoms with Crippen LogP contribution in [0.25, 0.3) is 0 Å². The van der Waals surface area contributed by atoms with Gasteiger partial charge in [-0.25, -0.2) is 4.57 Å². The van der Waals surface area contributed by atoms with Gasteiger partial charge in [0.05, 0.1) is 33.8 Å². The van der Waals surface area contributed by atoms with Gasteiger partial charge in [0.2, 0.25) is 5.91 Å². The second-order valence-corrected chi connectivity index (χ2v) is 23.3. The molecule has 0 aromatic carbocycles. The first-order chi connectivity index (χ1) is 36.4. The number of allylic oxidation sites excluding steroid dienone is 13. The number of carbonyl (C=O) groups is 2. The van der Waals surface area contributed by atoms with Gasteiger partial charge in [0.1, 0.15) is 19.3 Å². The minimum absolute atomic E-state index is 0.0285. The highest BCUT2D eigenvalue weighted by molar-refractivity contribution is 7.47. The van der Waals surface area contributed by atoms with Crippen LogP contribution >= 0.6 is 7.82 Å². The fourth-order valence-corrected chi connectivity index (χ4v) is 9.23. The Kier molecular flexibility index (Phi) is 52.5. The number of quaternary nitrogens is 1. The van der Waals surface area contributed by atoms with Crippen LogP contribution in [0.5, 0.6) is 0 Å². The minimum atomic E-state index is -4.46. The van der Waals surface area contributed by atoms with Crippen molar-refractivity contribution in [3.05, 3.63) is 85.1 Å². The van der Waals surface area contributed by atoms with Crippen molar-refractivity contribution in [3.8, 4) is 0 Å². The number of hydrogen-bond donors (Lipinski definition) is 2. The van der Waals surface area contributed by atoms with Gasteiger partial charge >= 0.3 is 13.8 Å². The Labute approximate surface area is 463 Å². The molecule has 9 nitrogen and oxygen atoms in total. The highest BCUT2D eigenvalue weighted by Gasteiger charge is 2.30. The molecule has 0 saturated heterocycles. The molecular weight excluding hydrogens is 952 g/mol. The average molecular weight is 1070 g/mol. The Hall–Kier alpha value is -2.81. The van der Waals surface area contributed by atoms with Crippen LogP contribution < -0.4 is 5.32 Å². The Bertz CT molecular complexity index is 1560. The molecule has 75 heavy (non-hydrogen) atoms. The summed E-state index contributed by atoms with van der Waals surface area (Å²) in [7, 11) is 1.46. The minimum Gasteiger partial charge on any atom is -0.456 e. The molecule has 0 radical (unpaired) electrons. The maximum Gasteiger partial charge on any atom is 0.472 e. The summed E-state index contributed by atoms with van der Waals surface area (Å²) in [6.07, 6.45) is 71.6. The van der Waals surface area contributed by atoms with Crippen LogP contribution in [-0.2, 0) is 27.9 Å². The molecule has 0 fully saturated rings. The number of nitrogens with zero attached hydrogens (tertiary/aromatic N) is 1. The summed E-state index contributed by atoms with van der Waals surface area (Å²) in [5.41, 5.74) is 0. The first-order valence-electron chi connectivity index (χ1n) is 30.9. The standard InChI is InChI=1S/C65H117N2O7P/c1-7-10-13-16-19-22-25-27-29-31-32-33-34-36-37-39-42-45-48-51-54-57-64(68)66-62(61-73-75(70,71)72-60-59-67(4,5)6)63(56-53-50-47-44-41-24-21-18-15-12-9-3)74-65(69)58-55-52-49-46-43-40-38-35-30-28-26-23-20-17-14-11-8-2/h19-20,22-23,27-30,38,40,46,49,53,56,62-63H,7-18,21,24-26,31-37,39,41-45,47-48,50-52,54-55,57-61H2,1-6H3,(H-,66,68,70,71)/p+1/b22-19-,23-20-,29-27-,30-28-,40-38-,49-46-,56-53-. The van der Waals surface area contributed by atoms with E-state index in [4.69, 9.17) is 13.8 Å². The van der Waals surface area contributed by atoms with Crippen LogP contribution in [0.2, 0.25) is 0 Å². The van der Waals surface area contributed by atoms with Crippen molar-refractivity contribution < 1.29 is 37.3 Å². The fraction of sp³-hybridized carbons (Fsp3) is 0.754. The van der Waals surface area contributed by atoms with E-state index in [0.717, 1.165) is 70.6 Å². The number of unbranched alkanes of at least 4 members (excludes halogenated alkanes) is 27. The highest BCUT2D eigenvalue weighted by Crippen LogP contribution is 2.43. The van der Waals surface area contributed by atoms with E-state index in [-0.39, 0.29) is 31.5 Å². The topological polar surface area (TPSA) is 111 Å². The first-order valence-corrected chi connectivity index (χ1v) is 32.4. The van der Waals surface area contributed by atoms with Crippen LogP contribution in [0.4, 0.5) is 0 Å². The van der Waals surface area contributed by atoms with Gasteiger partial charge in [-0.05, 0) is 102 Å². The van der Waals surface area contributed by atoms with Crippen molar-refractivity contribution in [1.29, 1.82) is 0 Å². The molecule has 0 aromatic heterocycles. The summed E-state index contributed by atoms with van der Waals surface area (Å²) in [6.45, 7) is 6.92. The molecule has 0 aliphatic heterocycles. The highest BCUT2D eigenvalue weighted by atomic mass is 31.2. The molecule has 0 spiro atoms. The van der Waals surface area contributed by atoms with Gasteiger partial charge < -0.3 is 19.4 Å². The lowest BCUT2D eigenvalue weighted by molar-refractivity contribution is -0.870. The number of rotatable bonds is 55. The van der Waals surface area contributed by atoms with Gasteiger partial charge in [0.15, 0.2) is 0 Å². The lowest BCUT2D eigenvalue weighted by atomic mass is 10.0. The van der Waals surface area contributed by atoms with Crippen molar-refractivity contribution in [2.24, 2.45) is 0 Å². The number of phosphoric acid groups is 1. The molecule has 434 valence electrons. The first kappa shape index (κ1) is 72.2. The predicted octanol–water partition coefficient (Wildman–Crippen LogP) is 19.0.